The molecule has 4 atom stereocenters. The van der Waals surface area contributed by atoms with Crippen LogP contribution >= 0.6 is 0 Å². The van der Waals surface area contributed by atoms with E-state index in [1.54, 1.807) is 0 Å². The smallest absolute Gasteiger partial charge is 0.181 e. The number of ether oxygens (including phenoxy) is 1. The van der Waals surface area contributed by atoms with Gasteiger partial charge in [-0.05, 0) is 0 Å². The molecule has 10 heteroatoms. The number of aliphatic hydroxyl groups is 3. The molecular formula is C11H15N5O5. The zero-order valence-corrected chi connectivity index (χ0v) is 11.1. The molecule has 10 nitrogen and oxygen atoms in total. The van der Waals surface area contributed by atoms with Gasteiger partial charge in [0.15, 0.2) is 23.2 Å². The van der Waals surface area contributed by atoms with E-state index in [2.05, 4.69) is 20.4 Å². The minimum Gasteiger partial charge on any atom is -0.394 e. The summed E-state index contributed by atoms with van der Waals surface area (Å²) in [6.45, 7) is -0.396. The van der Waals surface area contributed by atoms with E-state index in [-0.39, 0.29) is 0 Å². The first kappa shape index (κ1) is 14.1. The van der Waals surface area contributed by atoms with Crippen LogP contribution in [-0.4, -0.2) is 66.9 Å². The van der Waals surface area contributed by atoms with E-state index in [0.717, 1.165) is 0 Å². The van der Waals surface area contributed by atoms with Crippen molar-refractivity contribution in [3.63, 3.8) is 0 Å². The second kappa shape index (κ2) is 5.50. The molecular weight excluding hydrogens is 282 g/mol. The molecule has 21 heavy (non-hydrogen) atoms. The van der Waals surface area contributed by atoms with Crippen LogP contribution in [0.1, 0.15) is 6.23 Å². The van der Waals surface area contributed by atoms with Crippen molar-refractivity contribution in [3.05, 3.63) is 12.7 Å². The average Bonchev–Trinajstić information content (AvgIpc) is 3.03. The Morgan fingerprint density at radius 3 is 2.81 bits per heavy atom. The quantitative estimate of drug-likeness (QED) is 0.492. The largest absolute Gasteiger partial charge is 0.394 e. The van der Waals surface area contributed by atoms with Crippen molar-refractivity contribution in [2.24, 2.45) is 0 Å². The summed E-state index contributed by atoms with van der Waals surface area (Å²) in [6, 6.07) is 0. The Labute approximate surface area is 118 Å². The predicted molar refractivity (Wildman–Crippen MR) is 69.0 cm³/mol. The molecule has 0 spiro atoms. The van der Waals surface area contributed by atoms with Gasteiger partial charge < -0.3 is 20.1 Å². The molecule has 1 aliphatic heterocycles. The Morgan fingerprint density at radius 2 is 2.14 bits per heavy atom. The first-order chi connectivity index (χ1) is 10.2. The van der Waals surface area contributed by atoms with Gasteiger partial charge in [-0.1, -0.05) is 0 Å². The second-order valence-electron chi connectivity index (χ2n) is 4.58. The fourth-order valence-electron chi connectivity index (χ4n) is 2.32. The van der Waals surface area contributed by atoms with Crippen molar-refractivity contribution in [2.45, 2.75) is 24.5 Å². The molecule has 114 valence electrons. The first-order valence-corrected chi connectivity index (χ1v) is 6.26. The molecule has 0 radical (unpaired) electrons. The van der Waals surface area contributed by atoms with Crippen LogP contribution in [-0.2, 0) is 9.57 Å². The molecule has 1 saturated heterocycles. The Hall–Kier alpha value is -1.85. The van der Waals surface area contributed by atoms with Gasteiger partial charge in [-0.2, -0.15) is 0 Å². The number of rotatable bonds is 4. The molecule has 1 aliphatic rings. The minimum atomic E-state index is -1.20. The lowest BCUT2D eigenvalue weighted by atomic mass is 10.1. The number of fused-ring (bicyclic) bond motifs is 1. The highest BCUT2D eigenvalue weighted by atomic mass is 16.6. The van der Waals surface area contributed by atoms with E-state index in [9.17, 15) is 10.2 Å². The topological polar surface area (TPSA) is 135 Å². The van der Waals surface area contributed by atoms with Crippen LogP contribution in [0.15, 0.2) is 12.7 Å². The molecule has 2 aromatic heterocycles. The summed E-state index contributed by atoms with van der Waals surface area (Å²) in [4.78, 5) is 17.0. The normalized spacial score (nSPS) is 29.1. The summed E-state index contributed by atoms with van der Waals surface area (Å²) in [6.07, 6.45) is -1.42. The van der Waals surface area contributed by atoms with Gasteiger partial charge in [-0.25, -0.2) is 20.4 Å². The standard InChI is InChI=1S/C11H15N5O5/c1-20-15-9-6-10(13-3-12-9)16(4-14-6)11-8(19)7(18)5(2-17)21-11/h3-5,7-8,11,17-19H,2H2,1H3,(H,12,13,15)/t5-,7?,8?,11-/m1/s1. The van der Waals surface area contributed by atoms with Gasteiger partial charge >= 0.3 is 0 Å². The van der Waals surface area contributed by atoms with E-state index in [0.29, 0.717) is 17.0 Å². The van der Waals surface area contributed by atoms with E-state index in [1.165, 1.54) is 24.3 Å². The molecule has 0 saturated carbocycles. The first-order valence-electron chi connectivity index (χ1n) is 6.26. The molecule has 3 heterocycles. The zero-order chi connectivity index (χ0) is 15.0. The number of anilines is 1. The van der Waals surface area contributed by atoms with Crippen molar-refractivity contribution in [1.29, 1.82) is 0 Å². The van der Waals surface area contributed by atoms with Crippen molar-refractivity contribution >= 4 is 17.0 Å². The number of aliphatic hydroxyl groups excluding tert-OH is 3. The van der Waals surface area contributed by atoms with Gasteiger partial charge in [-0.15, -0.1) is 0 Å². The third-order valence-corrected chi connectivity index (χ3v) is 3.35. The van der Waals surface area contributed by atoms with Crippen LogP contribution in [0.2, 0.25) is 0 Å². The van der Waals surface area contributed by atoms with Crippen LogP contribution < -0.4 is 5.48 Å². The predicted octanol–water partition coefficient (Wildman–Crippen LogP) is -1.59. The van der Waals surface area contributed by atoms with Crippen LogP contribution in [0, 0.1) is 0 Å². The van der Waals surface area contributed by atoms with Gasteiger partial charge in [-0.3, -0.25) is 9.40 Å². The zero-order valence-electron chi connectivity index (χ0n) is 11.1. The number of imidazole rings is 1. The van der Waals surface area contributed by atoms with Gasteiger partial charge in [0.1, 0.15) is 24.6 Å². The summed E-state index contributed by atoms with van der Waals surface area (Å²) >= 11 is 0. The fraction of sp³-hybridized carbons (Fsp3) is 0.545. The highest BCUT2D eigenvalue weighted by Gasteiger charge is 2.44. The summed E-state index contributed by atoms with van der Waals surface area (Å²) in [5.41, 5.74) is 3.40. The molecule has 0 bridgehead atoms. The number of hydrogen-bond acceptors (Lipinski definition) is 9. The van der Waals surface area contributed by atoms with Crippen LogP contribution in [0.3, 0.4) is 0 Å². The molecule has 2 unspecified atom stereocenters. The maximum Gasteiger partial charge on any atom is 0.181 e. The third kappa shape index (κ3) is 2.22. The molecule has 3 rings (SSSR count). The maximum atomic E-state index is 10.0. The summed E-state index contributed by atoms with van der Waals surface area (Å²) < 4.78 is 6.92. The van der Waals surface area contributed by atoms with Crippen molar-refractivity contribution < 1.29 is 24.9 Å². The van der Waals surface area contributed by atoms with Crippen molar-refractivity contribution in [1.82, 2.24) is 19.5 Å². The van der Waals surface area contributed by atoms with Gasteiger partial charge in [0.25, 0.3) is 0 Å². The van der Waals surface area contributed by atoms with Crippen LogP contribution in [0.25, 0.3) is 11.2 Å². The SMILES string of the molecule is CONc1ncnc2c1ncn2[C@@H]1O[C@H](CO)C(O)C1O. The second-order valence-corrected chi connectivity index (χ2v) is 4.58. The van der Waals surface area contributed by atoms with Gasteiger partial charge in [0.05, 0.1) is 20.0 Å². The monoisotopic (exact) mass is 297 g/mol. The molecule has 4 N–H and O–H groups in total. The molecule has 0 amide bonds. The molecule has 1 fully saturated rings. The molecule has 2 aromatic rings. The van der Waals surface area contributed by atoms with Gasteiger partial charge in [0.2, 0.25) is 0 Å². The van der Waals surface area contributed by atoms with E-state index < -0.39 is 31.1 Å². The Kier molecular flexibility index (Phi) is 3.69. The van der Waals surface area contributed by atoms with Gasteiger partial charge in [0, 0.05) is 0 Å². The Morgan fingerprint density at radius 1 is 1.33 bits per heavy atom. The Balaban J connectivity index is 2.00. The minimum absolute atomic E-state index is 0.369. The van der Waals surface area contributed by atoms with E-state index in [1.807, 2.05) is 0 Å². The summed E-state index contributed by atoms with van der Waals surface area (Å²) in [5.74, 6) is 0.369. The Bertz CT molecular complexity index is 634. The highest BCUT2D eigenvalue weighted by molar-refractivity contribution is 5.82. The molecule has 0 aliphatic carbocycles. The fourth-order valence-corrected chi connectivity index (χ4v) is 2.32. The van der Waals surface area contributed by atoms with Crippen LogP contribution in [0.5, 0.6) is 0 Å². The lowest BCUT2D eigenvalue weighted by Crippen LogP contribution is -2.33. The number of hydrogen-bond donors (Lipinski definition) is 4. The summed E-state index contributed by atoms with van der Waals surface area (Å²) in [5, 5.41) is 29.0. The van der Waals surface area contributed by atoms with Crippen molar-refractivity contribution in [3.8, 4) is 0 Å². The number of aromatic nitrogens is 4. The summed E-state index contributed by atoms with van der Waals surface area (Å²) in [7, 11) is 1.44. The number of nitrogens with zero attached hydrogens (tertiary/aromatic N) is 4. The lowest BCUT2D eigenvalue weighted by Gasteiger charge is -2.16. The highest BCUT2D eigenvalue weighted by Crippen LogP contribution is 2.31. The van der Waals surface area contributed by atoms with E-state index >= 15 is 0 Å². The lowest BCUT2D eigenvalue weighted by molar-refractivity contribution is -0.0511. The number of nitrogens with one attached hydrogen (secondary N) is 1. The average molecular weight is 297 g/mol. The molecule has 0 aromatic carbocycles. The van der Waals surface area contributed by atoms with Crippen molar-refractivity contribution in [2.75, 3.05) is 19.2 Å². The third-order valence-electron chi connectivity index (χ3n) is 3.35. The van der Waals surface area contributed by atoms with Crippen LogP contribution in [0.4, 0.5) is 5.82 Å². The maximum absolute atomic E-state index is 10.0. The van der Waals surface area contributed by atoms with E-state index in [4.69, 9.17) is 14.7 Å².